The summed E-state index contributed by atoms with van der Waals surface area (Å²) in [5.41, 5.74) is 1.19. The molecule has 0 saturated carbocycles. The van der Waals surface area contributed by atoms with Crippen LogP contribution < -0.4 is 15.0 Å². The van der Waals surface area contributed by atoms with Crippen molar-refractivity contribution in [3.8, 4) is 5.75 Å². The fourth-order valence-electron chi connectivity index (χ4n) is 3.00. The van der Waals surface area contributed by atoms with Gasteiger partial charge in [0.1, 0.15) is 5.75 Å². The standard InChI is InChI=1S/C18H29N3O2/c1-4-6-15(2)19-18(22)14-20-9-11-21(12-10-20)16-7-5-8-17(13-16)23-3/h5,7-8,13,15H,4,6,9-12,14H2,1-3H3,(H,19,22)/t15-/m0/s1. The lowest BCUT2D eigenvalue weighted by molar-refractivity contribution is -0.122. The molecule has 1 aliphatic heterocycles. The number of carbonyl (C=O) groups excluding carboxylic acids is 1. The molecule has 1 atom stereocenters. The van der Waals surface area contributed by atoms with Crippen molar-refractivity contribution >= 4 is 11.6 Å². The highest BCUT2D eigenvalue weighted by molar-refractivity contribution is 5.78. The molecule has 0 spiro atoms. The lowest BCUT2D eigenvalue weighted by Crippen LogP contribution is -2.50. The van der Waals surface area contributed by atoms with Gasteiger partial charge in [-0.05, 0) is 25.5 Å². The number of methoxy groups -OCH3 is 1. The zero-order valence-electron chi connectivity index (χ0n) is 14.5. The average Bonchev–Trinajstić information content (AvgIpc) is 2.55. The fraction of sp³-hybridized carbons (Fsp3) is 0.611. The van der Waals surface area contributed by atoms with Gasteiger partial charge in [-0.25, -0.2) is 0 Å². The molecule has 0 aliphatic carbocycles. The zero-order valence-corrected chi connectivity index (χ0v) is 14.5. The maximum absolute atomic E-state index is 12.0. The average molecular weight is 319 g/mol. The van der Waals surface area contributed by atoms with Crippen molar-refractivity contribution in [1.29, 1.82) is 0 Å². The lowest BCUT2D eigenvalue weighted by atomic mass is 10.2. The number of hydrogen-bond acceptors (Lipinski definition) is 4. The number of nitrogens with zero attached hydrogens (tertiary/aromatic N) is 2. The molecule has 1 aromatic rings. The van der Waals surface area contributed by atoms with E-state index in [0.717, 1.165) is 44.8 Å². The van der Waals surface area contributed by atoms with E-state index < -0.39 is 0 Å². The number of ether oxygens (including phenoxy) is 1. The molecule has 23 heavy (non-hydrogen) atoms. The number of carbonyl (C=O) groups is 1. The first-order chi connectivity index (χ1) is 11.1. The smallest absolute Gasteiger partial charge is 0.234 e. The Morgan fingerprint density at radius 1 is 1.30 bits per heavy atom. The van der Waals surface area contributed by atoms with Crippen molar-refractivity contribution in [1.82, 2.24) is 10.2 Å². The van der Waals surface area contributed by atoms with Crippen LogP contribution in [0.4, 0.5) is 5.69 Å². The third-order valence-corrected chi connectivity index (χ3v) is 4.29. The van der Waals surface area contributed by atoms with E-state index in [2.05, 4.69) is 41.1 Å². The van der Waals surface area contributed by atoms with E-state index in [0.29, 0.717) is 6.54 Å². The van der Waals surface area contributed by atoms with Gasteiger partial charge in [0.2, 0.25) is 5.91 Å². The topological polar surface area (TPSA) is 44.8 Å². The number of anilines is 1. The molecule has 0 unspecified atom stereocenters. The molecule has 128 valence electrons. The van der Waals surface area contributed by atoms with Crippen molar-refractivity contribution in [2.75, 3.05) is 44.7 Å². The Kier molecular flexibility index (Phi) is 6.71. The Bertz CT molecular complexity index is 499. The molecule has 0 bridgehead atoms. The van der Waals surface area contributed by atoms with Gasteiger partial charge in [-0.1, -0.05) is 19.4 Å². The Labute approximate surface area is 139 Å². The van der Waals surface area contributed by atoms with Gasteiger partial charge in [0.25, 0.3) is 0 Å². The first kappa shape index (κ1) is 17.6. The van der Waals surface area contributed by atoms with Gasteiger partial charge in [0.05, 0.1) is 13.7 Å². The van der Waals surface area contributed by atoms with Crippen LogP contribution in [0.15, 0.2) is 24.3 Å². The van der Waals surface area contributed by atoms with Crippen molar-refractivity contribution < 1.29 is 9.53 Å². The highest BCUT2D eigenvalue weighted by Crippen LogP contribution is 2.21. The summed E-state index contributed by atoms with van der Waals surface area (Å²) >= 11 is 0. The van der Waals surface area contributed by atoms with Gasteiger partial charge in [-0.15, -0.1) is 0 Å². The Hall–Kier alpha value is -1.75. The molecule has 5 nitrogen and oxygen atoms in total. The fourth-order valence-corrected chi connectivity index (χ4v) is 3.00. The predicted octanol–water partition coefficient (Wildman–Crippen LogP) is 2.12. The lowest BCUT2D eigenvalue weighted by Gasteiger charge is -2.36. The Morgan fingerprint density at radius 2 is 2.04 bits per heavy atom. The maximum Gasteiger partial charge on any atom is 0.234 e. The molecule has 5 heteroatoms. The first-order valence-corrected chi connectivity index (χ1v) is 8.53. The predicted molar refractivity (Wildman–Crippen MR) is 94.2 cm³/mol. The van der Waals surface area contributed by atoms with Gasteiger partial charge in [0.15, 0.2) is 0 Å². The third kappa shape index (κ3) is 5.43. The summed E-state index contributed by atoms with van der Waals surface area (Å²) in [5.74, 6) is 1.02. The van der Waals surface area contributed by atoms with Crippen molar-refractivity contribution in [2.24, 2.45) is 0 Å². The molecule has 2 rings (SSSR count). The normalized spacial score (nSPS) is 16.9. The first-order valence-electron chi connectivity index (χ1n) is 8.53. The molecule has 1 heterocycles. The van der Waals surface area contributed by atoms with Gasteiger partial charge in [-0.3, -0.25) is 9.69 Å². The molecule has 1 aliphatic rings. The van der Waals surface area contributed by atoms with E-state index in [-0.39, 0.29) is 11.9 Å². The number of piperazine rings is 1. The summed E-state index contributed by atoms with van der Waals surface area (Å²) in [4.78, 5) is 16.6. The molecule has 1 amide bonds. The van der Waals surface area contributed by atoms with Crippen molar-refractivity contribution in [2.45, 2.75) is 32.7 Å². The van der Waals surface area contributed by atoms with Gasteiger partial charge in [-0.2, -0.15) is 0 Å². The molecule has 1 saturated heterocycles. The minimum atomic E-state index is 0.140. The van der Waals surface area contributed by atoms with Crippen LogP contribution in [0.5, 0.6) is 5.75 Å². The van der Waals surface area contributed by atoms with Gasteiger partial charge in [0, 0.05) is 44.0 Å². The summed E-state index contributed by atoms with van der Waals surface area (Å²) in [6, 6.07) is 8.42. The van der Waals surface area contributed by atoms with E-state index >= 15 is 0 Å². The quantitative estimate of drug-likeness (QED) is 0.836. The monoisotopic (exact) mass is 319 g/mol. The van der Waals surface area contributed by atoms with Crippen LogP contribution >= 0.6 is 0 Å². The zero-order chi connectivity index (χ0) is 16.7. The molecule has 1 fully saturated rings. The van der Waals surface area contributed by atoms with E-state index in [9.17, 15) is 4.79 Å². The second-order valence-electron chi connectivity index (χ2n) is 6.22. The highest BCUT2D eigenvalue weighted by Gasteiger charge is 2.20. The third-order valence-electron chi connectivity index (χ3n) is 4.29. The van der Waals surface area contributed by atoms with Crippen molar-refractivity contribution in [3.63, 3.8) is 0 Å². The van der Waals surface area contributed by atoms with Crippen LogP contribution in [0.25, 0.3) is 0 Å². The van der Waals surface area contributed by atoms with Crippen LogP contribution in [-0.2, 0) is 4.79 Å². The van der Waals surface area contributed by atoms with Crippen molar-refractivity contribution in [3.05, 3.63) is 24.3 Å². The summed E-state index contributed by atoms with van der Waals surface area (Å²) in [6.07, 6.45) is 2.13. The molecule has 0 radical (unpaired) electrons. The summed E-state index contributed by atoms with van der Waals surface area (Å²) in [7, 11) is 1.69. The largest absolute Gasteiger partial charge is 0.497 e. The van der Waals surface area contributed by atoms with E-state index in [1.807, 2.05) is 12.1 Å². The second-order valence-corrected chi connectivity index (χ2v) is 6.22. The summed E-state index contributed by atoms with van der Waals surface area (Å²) in [5, 5.41) is 3.08. The number of hydrogen-bond donors (Lipinski definition) is 1. The summed E-state index contributed by atoms with van der Waals surface area (Å²) < 4.78 is 5.29. The Balaban J connectivity index is 1.78. The number of nitrogens with one attached hydrogen (secondary N) is 1. The van der Waals surface area contributed by atoms with E-state index in [1.165, 1.54) is 5.69 Å². The summed E-state index contributed by atoms with van der Waals surface area (Å²) in [6.45, 7) is 8.40. The van der Waals surface area contributed by atoms with Crippen LogP contribution in [0, 0.1) is 0 Å². The molecule has 0 aromatic heterocycles. The molecular formula is C18H29N3O2. The second kappa shape index (κ2) is 8.77. The molecule has 1 N–H and O–H groups in total. The molecule has 1 aromatic carbocycles. The number of benzene rings is 1. The van der Waals surface area contributed by atoms with E-state index in [4.69, 9.17) is 4.74 Å². The SMILES string of the molecule is CCC[C@H](C)NC(=O)CN1CCN(c2cccc(OC)c2)CC1. The van der Waals surface area contributed by atoms with Gasteiger partial charge >= 0.3 is 0 Å². The maximum atomic E-state index is 12.0. The minimum absolute atomic E-state index is 0.140. The van der Waals surface area contributed by atoms with Crippen LogP contribution in [-0.4, -0.2) is 56.7 Å². The minimum Gasteiger partial charge on any atom is -0.497 e. The van der Waals surface area contributed by atoms with Crippen LogP contribution in [0.3, 0.4) is 0 Å². The number of amides is 1. The molecular weight excluding hydrogens is 290 g/mol. The van der Waals surface area contributed by atoms with Crippen LogP contribution in [0.1, 0.15) is 26.7 Å². The Morgan fingerprint density at radius 3 is 2.70 bits per heavy atom. The highest BCUT2D eigenvalue weighted by atomic mass is 16.5. The van der Waals surface area contributed by atoms with E-state index in [1.54, 1.807) is 7.11 Å². The van der Waals surface area contributed by atoms with Gasteiger partial charge < -0.3 is 15.0 Å². The van der Waals surface area contributed by atoms with Crippen LogP contribution in [0.2, 0.25) is 0 Å². The number of rotatable bonds is 7.